The minimum atomic E-state index is 0.940. The number of aryl methyl sites for hydroxylation is 1. The van der Waals surface area contributed by atoms with Crippen molar-refractivity contribution in [2.24, 2.45) is 0 Å². The Balaban J connectivity index is 2.80. The van der Waals surface area contributed by atoms with E-state index in [2.05, 4.69) is 30.7 Å². The van der Waals surface area contributed by atoms with E-state index in [1.807, 2.05) is 0 Å². The number of benzene rings is 1. The van der Waals surface area contributed by atoms with Gasteiger partial charge in [0.2, 0.25) is 0 Å². The van der Waals surface area contributed by atoms with E-state index in [0.717, 1.165) is 11.4 Å². The van der Waals surface area contributed by atoms with Crippen molar-refractivity contribution < 1.29 is 0 Å². The van der Waals surface area contributed by atoms with Crippen LogP contribution in [-0.2, 0) is 6.42 Å². The van der Waals surface area contributed by atoms with Crippen molar-refractivity contribution in [3.05, 3.63) is 28.1 Å². The highest BCUT2D eigenvalue weighted by Gasteiger charge is 2.10. The van der Waals surface area contributed by atoms with Crippen LogP contribution in [0.2, 0.25) is 5.02 Å². The standard InChI is InChI=1S/C11H11ClS2/c1-3-8-10(12)9(13-2)6-7-4-5-14-11(7)8/h4-6H,3H2,1-2H3. The van der Waals surface area contributed by atoms with Crippen molar-refractivity contribution in [3.8, 4) is 0 Å². The Morgan fingerprint density at radius 3 is 2.93 bits per heavy atom. The van der Waals surface area contributed by atoms with Gasteiger partial charge in [0.15, 0.2) is 0 Å². The highest BCUT2D eigenvalue weighted by atomic mass is 35.5. The zero-order chi connectivity index (χ0) is 10.1. The number of fused-ring (bicyclic) bond motifs is 1. The van der Waals surface area contributed by atoms with Gasteiger partial charge < -0.3 is 0 Å². The van der Waals surface area contributed by atoms with Gasteiger partial charge in [-0.25, -0.2) is 0 Å². The van der Waals surface area contributed by atoms with Crippen LogP contribution in [0.15, 0.2) is 22.4 Å². The van der Waals surface area contributed by atoms with Gasteiger partial charge in [-0.1, -0.05) is 18.5 Å². The van der Waals surface area contributed by atoms with Gasteiger partial charge >= 0.3 is 0 Å². The lowest BCUT2D eigenvalue weighted by Gasteiger charge is -2.07. The number of halogens is 1. The van der Waals surface area contributed by atoms with Crippen LogP contribution in [0.1, 0.15) is 12.5 Å². The summed E-state index contributed by atoms with van der Waals surface area (Å²) in [6.07, 6.45) is 3.07. The lowest BCUT2D eigenvalue weighted by Crippen LogP contribution is -1.85. The molecule has 0 fully saturated rings. The second kappa shape index (κ2) is 4.13. The second-order valence-electron chi connectivity index (χ2n) is 3.06. The number of thioether (sulfide) groups is 1. The van der Waals surface area contributed by atoms with Gasteiger partial charge in [0, 0.05) is 9.60 Å². The molecule has 1 heterocycles. The number of hydrogen-bond donors (Lipinski definition) is 0. The van der Waals surface area contributed by atoms with Gasteiger partial charge in [-0.3, -0.25) is 0 Å². The first kappa shape index (κ1) is 10.3. The van der Waals surface area contributed by atoms with Crippen LogP contribution in [0.5, 0.6) is 0 Å². The van der Waals surface area contributed by atoms with Crippen LogP contribution in [-0.4, -0.2) is 6.26 Å². The molecule has 0 unspecified atom stereocenters. The molecular weight excluding hydrogens is 232 g/mol. The average Bonchev–Trinajstić information content (AvgIpc) is 2.64. The second-order valence-corrected chi connectivity index (χ2v) is 5.21. The minimum Gasteiger partial charge on any atom is -0.143 e. The van der Waals surface area contributed by atoms with Gasteiger partial charge in [-0.05, 0) is 41.1 Å². The fourth-order valence-corrected chi connectivity index (χ4v) is 3.72. The molecule has 14 heavy (non-hydrogen) atoms. The van der Waals surface area contributed by atoms with Crippen molar-refractivity contribution in [1.29, 1.82) is 0 Å². The first-order valence-electron chi connectivity index (χ1n) is 4.50. The monoisotopic (exact) mass is 242 g/mol. The van der Waals surface area contributed by atoms with Crippen molar-refractivity contribution in [1.82, 2.24) is 0 Å². The van der Waals surface area contributed by atoms with Crippen molar-refractivity contribution in [2.75, 3.05) is 6.26 Å². The molecule has 0 N–H and O–H groups in total. The van der Waals surface area contributed by atoms with E-state index < -0.39 is 0 Å². The van der Waals surface area contributed by atoms with E-state index in [1.54, 1.807) is 23.1 Å². The molecule has 0 aliphatic heterocycles. The fourth-order valence-electron chi connectivity index (χ4n) is 1.60. The third kappa shape index (κ3) is 1.56. The van der Waals surface area contributed by atoms with E-state index >= 15 is 0 Å². The molecule has 2 rings (SSSR count). The predicted octanol–water partition coefficient (Wildman–Crippen LogP) is 4.84. The molecule has 3 heteroatoms. The van der Waals surface area contributed by atoms with Crippen molar-refractivity contribution >= 4 is 44.8 Å². The molecule has 0 aliphatic rings. The number of hydrogen-bond acceptors (Lipinski definition) is 2. The van der Waals surface area contributed by atoms with Gasteiger partial charge in [-0.2, -0.15) is 0 Å². The van der Waals surface area contributed by atoms with Gasteiger partial charge in [0.1, 0.15) is 0 Å². The Hall–Kier alpha value is -0.180. The molecule has 74 valence electrons. The molecular formula is C11H11ClS2. The van der Waals surface area contributed by atoms with Crippen LogP contribution in [0.4, 0.5) is 0 Å². The summed E-state index contributed by atoms with van der Waals surface area (Å²) in [6.45, 7) is 2.16. The van der Waals surface area contributed by atoms with Crippen LogP contribution < -0.4 is 0 Å². The lowest BCUT2D eigenvalue weighted by molar-refractivity contribution is 1.15. The molecule has 0 saturated carbocycles. The highest BCUT2D eigenvalue weighted by molar-refractivity contribution is 7.98. The Bertz CT molecular complexity index is 460. The third-order valence-corrected chi connectivity index (χ3v) is 4.61. The van der Waals surface area contributed by atoms with E-state index in [1.165, 1.54) is 20.5 Å². The molecule has 0 amide bonds. The normalized spacial score (nSPS) is 11.1. The highest BCUT2D eigenvalue weighted by Crippen LogP contribution is 2.37. The molecule has 0 nitrogen and oxygen atoms in total. The first-order valence-corrected chi connectivity index (χ1v) is 6.98. The van der Waals surface area contributed by atoms with E-state index in [-0.39, 0.29) is 0 Å². The van der Waals surface area contributed by atoms with E-state index in [4.69, 9.17) is 11.6 Å². The Morgan fingerprint density at radius 2 is 2.29 bits per heavy atom. The molecule has 0 aliphatic carbocycles. The van der Waals surface area contributed by atoms with Crippen LogP contribution >= 0.6 is 34.7 Å². The summed E-state index contributed by atoms with van der Waals surface area (Å²) in [7, 11) is 0. The molecule has 0 spiro atoms. The molecule has 0 bridgehead atoms. The van der Waals surface area contributed by atoms with Gasteiger partial charge in [-0.15, -0.1) is 23.1 Å². The predicted molar refractivity (Wildman–Crippen MR) is 68.0 cm³/mol. The molecule has 0 atom stereocenters. The summed E-state index contributed by atoms with van der Waals surface area (Å²) in [4.78, 5) is 1.19. The molecule has 1 aromatic heterocycles. The number of thiophene rings is 1. The first-order chi connectivity index (χ1) is 6.77. The Morgan fingerprint density at radius 1 is 1.50 bits per heavy atom. The SMILES string of the molecule is CCc1c(Cl)c(SC)cc2ccsc12. The van der Waals surface area contributed by atoms with E-state index in [9.17, 15) is 0 Å². The molecule has 1 aromatic carbocycles. The average molecular weight is 243 g/mol. The minimum absolute atomic E-state index is 0.940. The largest absolute Gasteiger partial charge is 0.143 e. The summed E-state index contributed by atoms with van der Waals surface area (Å²) in [6, 6.07) is 4.34. The maximum Gasteiger partial charge on any atom is 0.0588 e. The van der Waals surface area contributed by atoms with Crippen LogP contribution in [0.3, 0.4) is 0 Å². The Labute approximate surface area is 97.3 Å². The molecule has 2 aromatic rings. The smallest absolute Gasteiger partial charge is 0.0588 e. The summed E-state index contributed by atoms with van der Waals surface area (Å²) in [5.41, 5.74) is 1.29. The third-order valence-electron chi connectivity index (χ3n) is 2.31. The summed E-state index contributed by atoms with van der Waals surface area (Å²) >= 11 is 9.82. The van der Waals surface area contributed by atoms with Crippen LogP contribution in [0, 0.1) is 0 Å². The zero-order valence-corrected chi connectivity index (χ0v) is 10.5. The quantitative estimate of drug-likeness (QED) is 0.679. The van der Waals surface area contributed by atoms with E-state index in [0.29, 0.717) is 0 Å². The fraction of sp³-hybridized carbons (Fsp3) is 0.273. The molecule has 0 radical (unpaired) electrons. The molecule has 0 saturated heterocycles. The van der Waals surface area contributed by atoms with Gasteiger partial charge in [0.05, 0.1) is 5.02 Å². The van der Waals surface area contributed by atoms with Gasteiger partial charge in [0.25, 0.3) is 0 Å². The topological polar surface area (TPSA) is 0 Å². The number of rotatable bonds is 2. The Kier molecular flexibility index (Phi) is 3.05. The van der Waals surface area contributed by atoms with Crippen molar-refractivity contribution in [2.45, 2.75) is 18.2 Å². The maximum absolute atomic E-state index is 6.33. The zero-order valence-electron chi connectivity index (χ0n) is 8.13. The van der Waals surface area contributed by atoms with Crippen LogP contribution in [0.25, 0.3) is 10.1 Å². The summed E-state index contributed by atoms with van der Waals surface area (Å²) < 4.78 is 1.34. The lowest BCUT2D eigenvalue weighted by atomic mass is 10.1. The maximum atomic E-state index is 6.33. The summed E-state index contributed by atoms with van der Waals surface area (Å²) in [5.74, 6) is 0. The van der Waals surface area contributed by atoms with Crippen molar-refractivity contribution in [3.63, 3.8) is 0 Å². The summed E-state index contributed by atoms with van der Waals surface area (Å²) in [5, 5.41) is 4.39.